The van der Waals surface area contributed by atoms with Gasteiger partial charge in [0.15, 0.2) is 0 Å². The minimum atomic E-state index is -0.0912. The first-order chi connectivity index (χ1) is 13.1. The summed E-state index contributed by atoms with van der Waals surface area (Å²) < 4.78 is 5.75. The van der Waals surface area contributed by atoms with Crippen molar-refractivity contribution >= 4 is 44.0 Å². The third-order valence-corrected chi connectivity index (χ3v) is 3.83. The van der Waals surface area contributed by atoms with E-state index in [9.17, 15) is 4.79 Å². The van der Waals surface area contributed by atoms with E-state index in [1.165, 1.54) is 0 Å². The normalized spacial score (nSPS) is 10.7. The SMILES string of the molecule is CC(C)(C)P.CCCCN(C(=O)CCl)c1ccc(Oc2ccc(Cl)cc2)cc1. The Balaban J connectivity index is 0.000000696. The van der Waals surface area contributed by atoms with Gasteiger partial charge in [-0.05, 0) is 60.1 Å². The van der Waals surface area contributed by atoms with E-state index in [4.69, 9.17) is 27.9 Å². The molecule has 3 nitrogen and oxygen atoms in total. The van der Waals surface area contributed by atoms with Crippen LogP contribution < -0.4 is 9.64 Å². The summed E-state index contributed by atoms with van der Waals surface area (Å²) in [6.45, 7) is 9.21. The van der Waals surface area contributed by atoms with Crippen LogP contribution in [0.2, 0.25) is 5.02 Å². The van der Waals surface area contributed by atoms with Gasteiger partial charge in [-0.15, -0.1) is 20.8 Å². The molecule has 1 unspecified atom stereocenters. The Hall–Kier alpha value is -1.28. The van der Waals surface area contributed by atoms with Gasteiger partial charge in [-0.3, -0.25) is 4.79 Å². The summed E-state index contributed by atoms with van der Waals surface area (Å²) >= 11 is 11.6. The fourth-order valence-corrected chi connectivity index (χ4v) is 2.39. The highest BCUT2D eigenvalue weighted by Crippen LogP contribution is 2.26. The molecule has 1 atom stereocenters. The number of halogens is 2. The van der Waals surface area contributed by atoms with Crippen LogP contribution in [-0.2, 0) is 4.79 Å². The van der Waals surface area contributed by atoms with Crippen LogP contribution in [0, 0.1) is 0 Å². The van der Waals surface area contributed by atoms with Crippen molar-refractivity contribution in [3.05, 3.63) is 53.6 Å². The smallest absolute Gasteiger partial charge is 0.241 e. The third kappa shape index (κ3) is 10.3. The monoisotopic (exact) mass is 441 g/mol. The van der Waals surface area contributed by atoms with Gasteiger partial charge < -0.3 is 9.64 Å². The Bertz CT molecular complexity index is 707. The fourth-order valence-electron chi connectivity index (χ4n) is 2.12. The van der Waals surface area contributed by atoms with E-state index in [0.29, 0.717) is 28.2 Å². The zero-order valence-corrected chi connectivity index (χ0v) is 19.7. The molecule has 0 aliphatic rings. The third-order valence-electron chi connectivity index (χ3n) is 3.35. The Kier molecular flexibility index (Phi) is 10.9. The molecule has 154 valence electrons. The molecule has 0 N–H and O–H groups in total. The molecule has 0 aliphatic carbocycles. The number of benzene rings is 2. The Morgan fingerprint density at radius 2 is 1.50 bits per heavy atom. The molecule has 0 heterocycles. The molecule has 0 bridgehead atoms. The molecule has 28 heavy (non-hydrogen) atoms. The van der Waals surface area contributed by atoms with E-state index in [1.54, 1.807) is 29.2 Å². The first kappa shape index (κ1) is 24.8. The summed E-state index contributed by atoms with van der Waals surface area (Å²) in [5.74, 6) is 1.30. The highest BCUT2D eigenvalue weighted by atomic mass is 35.5. The highest BCUT2D eigenvalue weighted by molar-refractivity contribution is 7.18. The summed E-state index contributed by atoms with van der Waals surface area (Å²) in [4.78, 5) is 13.7. The van der Waals surface area contributed by atoms with E-state index in [1.807, 2.05) is 24.3 Å². The van der Waals surface area contributed by atoms with Crippen LogP contribution in [0.25, 0.3) is 0 Å². The van der Waals surface area contributed by atoms with Crippen molar-refractivity contribution in [2.75, 3.05) is 17.3 Å². The second kappa shape index (κ2) is 12.3. The van der Waals surface area contributed by atoms with Gasteiger partial charge in [-0.25, -0.2) is 0 Å². The van der Waals surface area contributed by atoms with Crippen LogP contribution in [0.15, 0.2) is 48.5 Å². The van der Waals surface area contributed by atoms with Crippen LogP contribution in [0.4, 0.5) is 5.69 Å². The second-order valence-electron chi connectivity index (χ2n) is 7.45. The molecule has 2 aromatic carbocycles. The van der Waals surface area contributed by atoms with Gasteiger partial charge in [0.1, 0.15) is 17.4 Å². The van der Waals surface area contributed by atoms with Crippen molar-refractivity contribution in [1.29, 1.82) is 0 Å². The maximum Gasteiger partial charge on any atom is 0.241 e. The van der Waals surface area contributed by atoms with Crippen molar-refractivity contribution in [3.63, 3.8) is 0 Å². The molecule has 6 heteroatoms. The molecule has 0 saturated heterocycles. The summed E-state index contributed by atoms with van der Waals surface area (Å²) in [5, 5.41) is 1.08. The van der Waals surface area contributed by atoms with Crippen LogP contribution in [-0.4, -0.2) is 23.5 Å². The van der Waals surface area contributed by atoms with Gasteiger partial charge in [0.2, 0.25) is 5.91 Å². The van der Waals surface area contributed by atoms with Crippen LogP contribution in [0.3, 0.4) is 0 Å². The standard InChI is InChI=1S/C18H19Cl2NO2.C4H11P/c1-2-3-12-21(18(22)13-19)15-6-10-17(11-7-15)23-16-8-4-14(20)5-9-16;1-4(2,3)5/h4-11H,2-3,12-13H2,1H3;5H2,1-3H3. The van der Waals surface area contributed by atoms with E-state index < -0.39 is 0 Å². The van der Waals surface area contributed by atoms with Gasteiger partial charge in [0.25, 0.3) is 0 Å². The molecule has 0 aromatic heterocycles. The number of nitrogens with zero attached hydrogens (tertiary/aromatic N) is 1. The van der Waals surface area contributed by atoms with Crippen molar-refractivity contribution in [2.24, 2.45) is 0 Å². The molecular formula is C22H30Cl2NO2P. The molecule has 2 rings (SSSR count). The largest absolute Gasteiger partial charge is 0.457 e. The van der Waals surface area contributed by atoms with Crippen molar-refractivity contribution in [3.8, 4) is 11.5 Å². The molecule has 2 aromatic rings. The fraction of sp³-hybridized carbons (Fsp3) is 0.409. The quantitative estimate of drug-likeness (QED) is 0.336. The van der Waals surface area contributed by atoms with Gasteiger partial charge >= 0.3 is 0 Å². The zero-order valence-electron chi connectivity index (χ0n) is 17.0. The molecular weight excluding hydrogens is 412 g/mol. The number of anilines is 1. The predicted molar refractivity (Wildman–Crippen MR) is 125 cm³/mol. The molecule has 0 aliphatic heterocycles. The van der Waals surface area contributed by atoms with Gasteiger partial charge in [-0.2, -0.15) is 0 Å². The Morgan fingerprint density at radius 3 is 1.93 bits per heavy atom. The van der Waals surface area contributed by atoms with Gasteiger partial charge in [0, 0.05) is 17.3 Å². The zero-order chi connectivity index (χ0) is 21.2. The van der Waals surface area contributed by atoms with E-state index in [2.05, 4.69) is 36.9 Å². The maximum atomic E-state index is 12.0. The topological polar surface area (TPSA) is 29.5 Å². The minimum absolute atomic E-state index is 0.0211. The second-order valence-corrected chi connectivity index (χ2v) is 9.88. The molecule has 0 spiro atoms. The van der Waals surface area contributed by atoms with E-state index in [-0.39, 0.29) is 11.8 Å². The number of unbranched alkanes of at least 4 members (excludes halogenated alkanes) is 1. The van der Waals surface area contributed by atoms with Crippen LogP contribution in [0.5, 0.6) is 11.5 Å². The summed E-state index contributed by atoms with van der Waals surface area (Å²) in [6.07, 6.45) is 1.95. The van der Waals surface area contributed by atoms with Crippen molar-refractivity contribution in [2.45, 2.75) is 45.7 Å². The van der Waals surface area contributed by atoms with Gasteiger partial charge in [0.05, 0.1) is 0 Å². The van der Waals surface area contributed by atoms with E-state index in [0.717, 1.165) is 18.5 Å². The number of amides is 1. The highest BCUT2D eigenvalue weighted by Gasteiger charge is 2.14. The summed E-state index contributed by atoms with van der Waals surface area (Å²) in [6, 6.07) is 14.6. The predicted octanol–water partition coefficient (Wildman–Crippen LogP) is 7.16. The summed E-state index contributed by atoms with van der Waals surface area (Å²) in [7, 11) is 2.72. The number of alkyl halides is 1. The number of rotatable bonds is 7. The molecule has 0 radical (unpaired) electrons. The number of hydrogen-bond donors (Lipinski definition) is 0. The lowest BCUT2D eigenvalue weighted by atomic mass is 10.2. The van der Waals surface area contributed by atoms with Crippen LogP contribution in [0.1, 0.15) is 40.5 Å². The Labute approximate surface area is 181 Å². The maximum absolute atomic E-state index is 12.0. The number of carbonyl (C=O) groups is 1. The first-order valence-corrected chi connectivity index (χ1v) is 10.8. The first-order valence-electron chi connectivity index (χ1n) is 9.32. The number of ether oxygens (including phenoxy) is 1. The Morgan fingerprint density at radius 1 is 1.04 bits per heavy atom. The minimum Gasteiger partial charge on any atom is -0.457 e. The summed E-state index contributed by atoms with van der Waals surface area (Å²) in [5.41, 5.74) is 0.826. The number of carbonyl (C=O) groups excluding carboxylic acids is 1. The van der Waals surface area contributed by atoms with Crippen LogP contribution >= 0.6 is 32.4 Å². The van der Waals surface area contributed by atoms with Crippen molar-refractivity contribution < 1.29 is 9.53 Å². The molecule has 0 saturated carbocycles. The molecule has 0 fully saturated rings. The number of hydrogen-bond acceptors (Lipinski definition) is 2. The lowest BCUT2D eigenvalue weighted by Gasteiger charge is -2.22. The van der Waals surface area contributed by atoms with Gasteiger partial charge in [-0.1, -0.05) is 45.7 Å². The molecule has 1 amide bonds. The average Bonchev–Trinajstić information content (AvgIpc) is 2.63. The van der Waals surface area contributed by atoms with Crippen molar-refractivity contribution in [1.82, 2.24) is 0 Å². The van der Waals surface area contributed by atoms with E-state index >= 15 is 0 Å². The average molecular weight is 442 g/mol. The lowest BCUT2D eigenvalue weighted by molar-refractivity contribution is -0.116. The lowest BCUT2D eigenvalue weighted by Crippen LogP contribution is -2.32.